The van der Waals surface area contributed by atoms with Gasteiger partial charge < -0.3 is 9.80 Å². The molecule has 0 unspecified atom stereocenters. The fraction of sp³-hybridized carbons (Fsp3) is 0.588. The van der Waals surface area contributed by atoms with Crippen LogP contribution >= 0.6 is 0 Å². The topological polar surface area (TPSA) is 23.6 Å². The number of carbonyl (C=O) groups excluding carboxylic acids is 1. The van der Waals surface area contributed by atoms with Crippen molar-refractivity contribution in [2.75, 3.05) is 33.7 Å². The van der Waals surface area contributed by atoms with Crippen molar-refractivity contribution < 1.29 is 9.18 Å². The summed E-state index contributed by atoms with van der Waals surface area (Å²) in [5, 5.41) is 0. The molecule has 0 bridgehead atoms. The van der Waals surface area contributed by atoms with Crippen LogP contribution < -0.4 is 0 Å². The first-order chi connectivity index (χ1) is 10.1. The largest absolute Gasteiger partial charge is 0.306 e. The fourth-order valence-electron chi connectivity index (χ4n) is 2.89. The van der Waals surface area contributed by atoms with E-state index in [-0.39, 0.29) is 11.6 Å². The zero-order chi connectivity index (χ0) is 15.2. The smallest absolute Gasteiger partial charge is 0.162 e. The van der Waals surface area contributed by atoms with Crippen LogP contribution in [0, 0.1) is 5.82 Å². The van der Waals surface area contributed by atoms with E-state index in [0.29, 0.717) is 18.0 Å². The number of ketones is 1. The molecular formula is C17H25FN2O. The molecule has 1 aliphatic rings. The van der Waals surface area contributed by atoms with E-state index in [1.807, 2.05) is 0 Å². The molecule has 1 aliphatic heterocycles. The Balaban J connectivity index is 1.71. The number of piperidine rings is 1. The highest BCUT2D eigenvalue weighted by Crippen LogP contribution is 2.15. The van der Waals surface area contributed by atoms with Gasteiger partial charge in [0.25, 0.3) is 0 Å². The van der Waals surface area contributed by atoms with Gasteiger partial charge in [-0.2, -0.15) is 0 Å². The van der Waals surface area contributed by atoms with Crippen LogP contribution in [0.5, 0.6) is 0 Å². The lowest BCUT2D eigenvalue weighted by molar-refractivity contribution is 0.0966. The standard InChI is InChI=1S/C17H25FN2O/c1-19-12-9-16(10-13-19)20(2)11-3-4-17(21)14-5-7-15(18)8-6-14/h5-8,16H,3-4,9-13H2,1-2H3. The van der Waals surface area contributed by atoms with Crippen molar-refractivity contribution in [3.8, 4) is 0 Å². The second-order valence-corrected chi connectivity index (χ2v) is 6.05. The monoisotopic (exact) mass is 292 g/mol. The van der Waals surface area contributed by atoms with E-state index in [0.717, 1.165) is 26.1 Å². The van der Waals surface area contributed by atoms with Gasteiger partial charge in [-0.3, -0.25) is 4.79 Å². The molecule has 1 saturated heterocycles. The molecule has 0 aliphatic carbocycles. The lowest BCUT2D eigenvalue weighted by Gasteiger charge is -2.35. The minimum absolute atomic E-state index is 0.103. The van der Waals surface area contributed by atoms with Crippen LogP contribution in [0.25, 0.3) is 0 Å². The van der Waals surface area contributed by atoms with Gasteiger partial charge >= 0.3 is 0 Å². The Morgan fingerprint density at radius 3 is 2.52 bits per heavy atom. The fourth-order valence-corrected chi connectivity index (χ4v) is 2.89. The predicted octanol–water partition coefficient (Wildman–Crippen LogP) is 2.81. The molecule has 21 heavy (non-hydrogen) atoms. The van der Waals surface area contributed by atoms with E-state index >= 15 is 0 Å². The summed E-state index contributed by atoms with van der Waals surface area (Å²) in [4.78, 5) is 16.8. The minimum Gasteiger partial charge on any atom is -0.306 e. The van der Waals surface area contributed by atoms with Gasteiger partial charge in [0.15, 0.2) is 5.78 Å². The number of benzene rings is 1. The molecule has 0 aromatic heterocycles. The molecule has 1 heterocycles. The van der Waals surface area contributed by atoms with Gasteiger partial charge in [0, 0.05) is 18.0 Å². The van der Waals surface area contributed by atoms with Crippen molar-refractivity contribution in [2.45, 2.75) is 31.7 Å². The molecule has 0 amide bonds. The maximum atomic E-state index is 12.8. The first-order valence-electron chi connectivity index (χ1n) is 7.74. The minimum atomic E-state index is -0.298. The average molecular weight is 292 g/mol. The molecule has 0 N–H and O–H groups in total. The summed E-state index contributed by atoms with van der Waals surface area (Å²) in [6.45, 7) is 3.26. The third kappa shape index (κ3) is 4.90. The average Bonchev–Trinajstić information content (AvgIpc) is 2.48. The first-order valence-corrected chi connectivity index (χ1v) is 7.74. The number of hydrogen-bond acceptors (Lipinski definition) is 3. The Bertz CT molecular complexity index is 452. The van der Waals surface area contributed by atoms with Gasteiger partial charge in [-0.15, -0.1) is 0 Å². The Hall–Kier alpha value is -1.26. The van der Waals surface area contributed by atoms with Crippen molar-refractivity contribution in [1.82, 2.24) is 9.80 Å². The van der Waals surface area contributed by atoms with Gasteiger partial charge in [0.05, 0.1) is 0 Å². The third-order valence-corrected chi connectivity index (χ3v) is 4.39. The number of hydrogen-bond donors (Lipinski definition) is 0. The quantitative estimate of drug-likeness (QED) is 0.753. The van der Waals surface area contributed by atoms with Crippen LogP contribution in [0.1, 0.15) is 36.0 Å². The zero-order valence-corrected chi connectivity index (χ0v) is 13.0. The van der Waals surface area contributed by atoms with E-state index in [9.17, 15) is 9.18 Å². The highest BCUT2D eigenvalue weighted by molar-refractivity contribution is 5.95. The van der Waals surface area contributed by atoms with Crippen molar-refractivity contribution in [3.63, 3.8) is 0 Å². The Labute approximate surface area is 126 Å². The number of nitrogens with zero attached hydrogens (tertiary/aromatic N) is 2. The molecular weight excluding hydrogens is 267 g/mol. The summed E-state index contributed by atoms with van der Waals surface area (Å²) in [6.07, 6.45) is 3.81. The van der Waals surface area contributed by atoms with Crippen LogP contribution in [-0.4, -0.2) is 55.4 Å². The normalized spacial score (nSPS) is 17.3. The van der Waals surface area contributed by atoms with E-state index in [2.05, 4.69) is 23.9 Å². The third-order valence-electron chi connectivity index (χ3n) is 4.39. The predicted molar refractivity (Wildman–Crippen MR) is 83.1 cm³/mol. The van der Waals surface area contributed by atoms with Crippen LogP contribution in [-0.2, 0) is 0 Å². The Morgan fingerprint density at radius 1 is 1.29 bits per heavy atom. The van der Waals surface area contributed by atoms with Crippen molar-refractivity contribution in [3.05, 3.63) is 35.6 Å². The molecule has 1 fully saturated rings. The molecule has 2 rings (SSSR count). The summed E-state index contributed by atoms with van der Waals surface area (Å²) in [5.74, 6) is -0.194. The first kappa shape index (κ1) is 16.1. The molecule has 1 aromatic rings. The van der Waals surface area contributed by atoms with Gasteiger partial charge in [0.2, 0.25) is 0 Å². The van der Waals surface area contributed by atoms with Crippen molar-refractivity contribution in [2.24, 2.45) is 0 Å². The molecule has 3 nitrogen and oxygen atoms in total. The number of carbonyl (C=O) groups is 1. The zero-order valence-electron chi connectivity index (χ0n) is 13.0. The summed E-state index contributed by atoms with van der Waals surface area (Å²) < 4.78 is 12.8. The number of rotatable bonds is 6. The van der Waals surface area contributed by atoms with Crippen LogP contribution in [0.4, 0.5) is 4.39 Å². The second-order valence-electron chi connectivity index (χ2n) is 6.05. The van der Waals surface area contributed by atoms with Crippen LogP contribution in [0.2, 0.25) is 0 Å². The molecule has 0 atom stereocenters. The highest BCUT2D eigenvalue weighted by Gasteiger charge is 2.20. The molecule has 116 valence electrons. The van der Waals surface area contributed by atoms with Gasteiger partial charge in [-0.1, -0.05) is 0 Å². The lowest BCUT2D eigenvalue weighted by atomic mass is 10.0. The van der Waals surface area contributed by atoms with E-state index < -0.39 is 0 Å². The number of Topliss-reactive ketones (excluding diaryl/α,β-unsaturated/α-hetero) is 1. The molecule has 0 spiro atoms. The summed E-state index contributed by atoms with van der Waals surface area (Å²) >= 11 is 0. The van der Waals surface area contributed by atoms with Gasteiger partial charge in [0.1, 0.15) is 5.82 Å². The van der Waals surface area contributed by atoms with Crippen molar-refractivity contribution in [1.29, 1.82) is 0 Å². The Kier molecular flexibility index (Phi) is 5.88. The van der Waals surface area contributed by atoms with Crippen LogP contribution in [0.3, 0.4) is 0 Å². The van der Waals surface area contributed by atoms with Gasteiger partial charge in [-0.25, -0.2) is 4.39 Å². The maximum absolute atomic E-state index is 12.8. The number of halogens is 1. The maximum Gasteiger partial charge on any atom is 0.162 e. The molecule has 0 saturated carbocycles. The summed E-state index contributed by atoms with van der Waals surface area (Å²) in [5.41, 5.74) is 0.610. The molecule has 1 aromatic carbocycles. The summed E-state index contributed by atoms with van der Waals surface area (Å²) in [7, 11) is 4.32. The highest BCUT2D eigenvalue weighted by atomic mass is 19.1. The van der Waals surface area contributed by atoms with Crippen LogP contribution in [0.15, 0.2) is 24.3 Å². The summed E-state index contributed by atoms with van der Waals surface area (Å²) in [6, 6.07) is 6.47. The molecule has 0 radical (unpaired) electrons. The lowest BCUT2D eigenvalue weighted by Crippen LogP contribution is -2.42. The number of likely N-dealkylation sites (tertiary alicyclic amines) is 1. The van der Waals surface area contributed by atoms with E-state index in [4.69, 9.17) is 0 Å². The van der Waals surface area contributed by atoms with Crippen molar-refractivity contribution >= 4 is 5.78 Å². The SMILES string of the molecule is CN1CCC(N(C)CCCC(=O)c2ccc(F)cc2)CC1. The second kappa shape index (κ2) is 7.66. The van der Waals surface area contributed by atoms with E-state index in [1.54, 1.807) is 12.1 Å². The Morgan fingerprint density at radius 2 is 1.90 bits per heavy atom. The van der Waals surface area contributed by atoms with Gasteiger partial charge in [-0.05, 0) is 77.3 Å². The molecule has 4 heteroatoms. The van der Waals surface area contributed by atoms with E-state index in [1.165, 1.54) is 25.0 Å².